The third-order valence-corrected chi connectivity index (χ3v) is 5.13. The van der Waals surface area contributed by atoms with E-state index in [0.717, 1.165) is 12.8 Å². The van der Waals surface area contributed by atoms with Crippen molar-refractivity contribution in [2.24, 2.45) is 5.92 Å². The largest absolute Gasteiger partial charge is 0.325 e. The number of benzene rings is 1. The number of nitrogens with zero attached hydrogens (tertiary/aromatic N) is 3. The molecule has 1 fully saturated rings. The van der Waals surface area contributed by atoms with Gasteiger partial charge in [-0.25, -0.2) is 4.79 Å². The number of pyridine rings is 1. The number of rotatable bonds is 3. The number of piperidine rings is 1. The van der Waals surface area contributed by atoms with Gasteiger partial charge in [-0.3, -0.25) is 19.5 Å². The van der Waals surface area contributed by atoms with Gasteiger partial charge in [0.1, 0.15) is 0 Å². The maximum Gasteiger partial charge on any atom is 0.321 e. The van der Waals surface area contributed by atoms with E-state index in [1.54, 1.807) is 53.7 Å². The number of amides is 4. The second-order valence-corrected chi connectivity index (χ2v) is 6.87. The molecule has 0 unspecified atom stereocenters. The fourth-order valence-corrected chi connectivity index (χ4v) is 3.62. The van der Waals surface area contributed by atoms with Crippen LogP contribution in [-0.2, 0) is 0 Å². The standard InChI is InChI=1S/C20H20N4O3/c25-18-16-5-1-2-6-17(16)19(26)24(18)13-14-7-10-23(11-8-14)20(27)22-15-4-3-9-21-12-15/h1-6,9,12,14H,7-8,10-11,13H2,(H,22,27). The number of aromatic nitrogens is 1. The number of carbonyl (C=O) groups excluding carboxylic acids is 3. The monoisotopic (exact) mass is 364 g/mol. The number of imide groups is 1. The van der Waals surface area contributed by atoms with Crippen molar-refractivity contribution in [1.82, 2.24) is 14.8 Å². The van der Waals surface area contributed by atoms with Gasteiger partial charge in [0.2, 0.25) is 0 Å². The molecule has 3 heterocycles. The minimum atomic E-state index is -0.215. The van der Waals surface area contributed by atoms with Gasteiger partial charge in [0.15, 0.2) is 0 Å². The van der Waals surface area contributed by atoms with Gasteiger partial charge in [-0.1, -0.05) is 12.1 Å². The maximum atomic E-state index is 12.5. The number of carbonyl (C=O) groups is 3. The topological polar surface area (TPSA) is 82.6 Å². The van der Waals surface area contributed by atoms with Crippen molar-refractivity contribution in [2.45, 2.75) is 12.8 Å². The molecule has 1 saturated heterocycles. The molecular formula is C20H20N4O3. The first-order valence-electron chi connectivity index (χ1n) is 9.04. The molecule has 2 aliphatic heterocycles. The normalized spacial score (nSPS) is 17.2. The molecule has 4 amide bonds. The van der Waals surface area contributed by atoms with Gasteiger partial charge in [-0.05, 0) is 43.0 Å². The van der Waals surface area contributed by atoms with Crippen molar-refractivity contribution in [1.29, 1.82) is 0 Å². The summed E-state index contributed by atoms with van der Waals surface area (Å²) in [5.74, 6) is -0.227. The van der Waals surface area contributed by atoms with Crippen LogP contribution in [0.25, 0.3) is 0 Å². The number of fused-ring (bicyclic) bond motifs is 1. The Bertz CT molecular complexity index is 841. The molecule has 0 bridgehead atoms. The summed E-state index contributed by atoms with van der Waals surface area (Å²) < 4.78 is 0. The summed E-state index contributed by atoms with van der Waals surface area (Å²) in [6.07, 6.45) is 4.77. The third kappa shape index (κ3) is 3.40. The fourth-order valence-electron chi connectivity index (χ4n) is 3.62. The Morgan fingerprint density at radius 2 is 1.70 bits per heavy atom. The van der Waals surface area contributed by atoms with Crippen LogP contribution in [-0.4, -0.2) is 52.3 Å². The molecule has 2 aromatic rings. The predicted molar refractivity (Wildman–Crippen MR) is 99.4 cm³/mol. The van der Waals surface area contributed by atoms with Crippen LogP contribution in [0.15, 0.2) is 48.8 Å². The summed E-state index contributed by atoms with van der Waals surface area (Å²) in [6, 6.07) is 10.3. The van der Waals surface area contributed by atoms with E-state index in [1.165, 1.54) is 4.90 Å². The quantitative estimate of drug-likeness (QED) is 0.849. The van der Waals surface area contributed by atoms with Crippen LogP contribution in [0.5, 0.6) is 0 Å². The Labute approximate surface area is 157 Å². The Kier molecular flexibility index (Phi) is 4.58. The lowest BCUT2D eigenvalue weighted by molar-refractivity contribution is 0.0605. The molecule has 1 N–H and O–H groups in total. The van der Waals surface area contributed by atoms with Crippen molar-refractivity contribution in [3.05, 3.63) is 59.9 Å². The van der Waals surface area contributed by atoms with E-state index in [2.05, 4.69) is 10.3 Å². The Hall–Kier alpha value is -3.22. The van der Waals surface area contributed by atoms with Gasteiger partial charge >= 0.3 is 6.03 Å². The van der Waals surface area contributed by atoms with Crippen LogP contribution in [0.3, 0.4) is 0 Å². The van der Waals surface area contributed by atoms with E-state index >= 15 is 0 Å². The average Bonchev–Trinajstić information content (AvgIpc) is 2.94. The van der Waals surface area contributed by atoms with E-state index in [9.17, 15) is 14.4 Å². The molecule has 4 rings (SSSR count). The molecule has 0 spiro atoms. The molecular weight excluding hydrogens is 344 g/mol. The summed E-state index contributed by atoms with van der Waals surface area (Å²) in [4.78, 5) is 44.4. The van der Waals surface area contributed by atoms with Crippen molar-refractivity contribution >= 4 is 23.5 Å². The number of urea groups is 1. The summed E-state index contributed by atoms with van der Waals surface area (Å²) in [5.41, 5.74) is 1.63. The van der Waals surface area contributed by atoms with Crippen LogP contribution in [0, 0.1) is 5.92 Å². The minimum absolute atomic E-state index is 0.151. The number of anilines is 1. The highest BCUT2D eigenvalue weighted by molar-refractivity contribution is 6.21. The van der Waals surface area contributed by atoms with Crippen molar-refractivity contribution < 1.29 is 14.4 Å². The Balaban J connectivity index is 1.32. The molecule has 7 heteroatoms. The molecule has 0 atom stereocenters. The lowest BCUT2D eigenvalue weighted by Crippen LogP contribution is -2.44. The fraction of sp³-hybridized carbons (Fsp3) is 0.300. The lowest BCUT2D eigenvalue weighted by atomic mass is 9.96. The molecule has 1 aromatic carbocycles. The average molecular weight is 364 g/mol. The van der Waals surface area contributed by atoms with Gasteiger partial charge in [-0.2, -0.15) is 0 Å². The number of hydrogen-bond acceptors (Lipinski definition) is 4. The van der Waals surface area contributed by atoms with Crippen molar-refractivity contribution in [2.75, 3.05) is 25.0 Å². The van der Waals surface area contributed by atoms with E-state index in [0.29, 0.717) is 36.4 Å². The molecule has 0 saturated carbocycles. The summed E-state index contributed by atoms with van der Waals surface area (Å²) in [7, 11) is 0. The maximum absolute atomic E-state index is 12.5. The third-order valence-electron chi connectivity index (χ3n) is 5.13. The van der Waals surface area contributed by atoms with Crippen LogP contribution in [0.1, 0.15) is 33.6 Å². The zero-order valence-corrected chi connectivity index (χ0v) is 14.8. The first kappa shape index (κ1) is 17.2. The first-order valence-corrected chi connectivity index (χ1v) is 9.04. The molecule has 0 aliphatic carbocycles. The summed E-state index contributed by atoms with van der Waals surface area (Å²) >= 11 is 0. The van der Waals surface area contributed by atoms with Gasteiger partial charge in [-0.15, -0.1) is 0 Å². The highest BCUT2D eigenvalue weighted by Crippen LogP contribution is 2.26. The molecule has 27 heavy (non-hydrogen) atoms. The lowest BCUT2D eigenvalue weighted by Gasteiger charge is -2.33. The second-order valence-electron chi connectivity index (χ2n) is 6.87. The van der Waals surface area contributed by atoms with Gasteiger partial charge in [0.05, 0.1) is 23.0 Å². The Morgan fingerprint density at radius 1 is 1.04 bits per heavy atom. The van der Waals surface area contributed by atoms with Gasteiger partial charge in [0, 0.05) is 25.8 Å². The molecule has 138 valence electrons. The number of likely N-dealkylation sites (tertiary alicyclic amines) is 1. The van der Waals surface area contributed by atoms with Crippen LogP contribution >= 0.6 is 0 Å². The zero-order chi connectivity index (χ0) is 18.8. The Morgan fingerprint density at radius 3 is 2.30 bits per heavy atom. The molecule has 7 nitrogen and oxygen atoms in total. The predicted octanol–water partition coefficient (Wildman–Crippen LogP) is 2.62. The summed E-state index contributed by atoms with van der Waals surface area (Å²) in [5, 5.41) is 2.83. The van der Waals surface area contributed by atoms with E-state index < -0.39 is 0 Å². The van der Waals surface area contributed by atoms with E-state index in [-0.39, 0.29) is 23.8 Å². The SMILES string of the molecule is O=C(Nc1cccnc1)N1CCC(CN2C(=O)c3ccccc3C2=O)CC1. The van der Waals surface area contributed by atoms with E-state index in [4.69, 9.17) is 0 Å². The molecule has 2 aliphatic rings. The second kappa shape index (κ2) is 7.19. The highest BCUT2D eigenvalue weighted by Gasteiger charge is 2.37. The van der Waals surface area contributed by atoms with E-state index in [1.807, 2.05) is 0 Å². The van der Waals surface area contributed by atoms with Crippen LogP contribution < -0.4 is 5.32 Å². The zero-order valence-electron chi connectivity index (χ0n) is 14.8. The van der Waals surface area contributed by atoms with Gasteiger partial charge < -0.3 is 10.2 Å². The number of hydrogen-bond donors (Lipinski definition) is 1. The highest BCUT2D eigenvalue weighted by atomic mass is 16.2. The van der Waals surface area contributed by atoms with Crippen LogP contribution in [0.2, 0.25) is 0 Å². The van der Waals surface area contributed by atoms with Crippen molar-refractivity contribution in [3.63, 3.8) is 0 Å². The number of nitrogens with one attached hydrogen (secondary N) is 1. The minimum Gasteiger partial charge on any atom is -0.325 e. The van der Waals surface area contributed by atoms with Gasteiger partial charge in [0.25, 0.3) is 11.8 Å². The molecule has 1 aromatic heterocycles. The first-order chi connectivity index (χ1) is 13.1. The van der Waals surface area contributed by atoms with Crippen molar-refractivity contribution in [3.8, 4) is 0 Å². The van der Waals surface area contributed by atoms with Crippen LogP contribution in [0.4, 0.5) is 10.5 Å². The molecule has 0 radical (unpaired) electrons. The summed E-state index contributed by atoms with van der Waals surface area (Å²) in [6.45, 7) is 1.60. The smallest absolute Gasteiger partial charge is 0.321 e.